The number of fused-ring (bicyclic) bond motifs is 1. The van der Waals surface area contributed by atoms with Crippen molar-refractivity contribution in [3.63, 3.8) is 0 Å². The number of carbonyl (C=O) groups is 4. The van der Waals surface area contributed by atoms with Crippen LogP contribution in [-0.4, -0.2) is 89.7 Å². The Balaban J connectivity index is 1.59. The van der Waals surface area contributed by atoms with Gasteiger partial charge in [0.15, 0.2) is 0 Å². The maximum absolute atomic E-state index is 12.7. The van der Waals surface area contributed by atoms with Gasteiger partial charge in [0, 0.05) is 24.4 Å². The van der Waals surface area contributed by atoms with Gasteiger partial charge < -0.3 is 25.4 Å². The van der Waals surface area contributed by atoms with E-state index in [4.69, 9.17) is 4.74 Å². The predicted octanol–water partition coefficient (Wildman–Crippen LogP) is 0.256. The number of nitrogens with zero attached hydrogens (tertiary/aromatic N) is 2. The monoisotopic (exact) mass is 462 g/mol. The van der Waals surface area contributed by atoms with Crippen molar-refractivity contribution in [1.82, 2.24) is 20.4 Å². The Morgan fingerprint density at radius 2 is 1.97 bits per heavy atom. The molecule has 172 valence electrons. The average Bonchev–Trinajstić information content (AvgIpc) is 2.75. The zero-order valence-corrected chi connectivity index (χ0v) is 18.7. The summed E-state index contributed by atoms with van der Waals surface area (Å²) in [6.45, 7) is 0.793. The quantitative estimate of drug-likeness (QED) is 0.446. The molecule has 3 N–H and O–H groups in total. The van der Waals surface area contributed by atoms with Crippen LogP contribution >= 0.6 is 11.8 Å². The van der Waals surface area contributed by atoms with Gasteiger partial charge in [-0.05, 0) is 19.7 Å². The number of amides is 3. The SMILES string of the molecule is CN(C)CCNC(=O)OCC1=C(C(=O)O)N2C(=O)C(NC(=O)Cc3ccccc3)[C@@H]2SC1. The lowest BCUT2D eigenvalue weighted by Gasteiger charge is -2.49. The molecule has 0 aromatic heterocycles. The summed E-state index contributed by atoms with van der Waals surface area (Å²) in [6, 6.07) is 8.35. The summed E-state index contributed by atoms with van der Waals surface area (Å²) in [6.07, 6.45) is -0.525. The first-order valence-corrected chi connectivity index (χ1v) is 11.1. The molecule has 3 rings (SSSR count). The Bertz CT molecular complexity index is 920. The number of rotatable bonds is 9. The van der Waals surface area contributed by atoms with E-state index in [0.29, 0.717) is 18.7 Å². The predicted molar refractivity (Wildman–Crippen MR) is 118 cm³/mol. The fraction of sp³-hybridized carbons (Fsp3) is 0.429. The largest absolute Gasteiger partial charge is 0.477 e. The fourth-order valence-corrected chi connectivity index (χ4v) is 4.71. The molecule has 2 atom stereocenters. The number of β-lactam (4-membered cyclic amide) rings is 1. The van der Waals surface area contributed by atoms with Crippen LogP contribution in [0, 0.1) is 0 Å². The topological polar surface area (TPSA) is 128 Å². The Morgan fingerprint density at radius 1 is 1.25 bits per heavy atom. The highest BCUT2D eigenvalue weighted by atomic mass is 32.2. The van der Waals surface area contributed by atoms with Crippen LogP contribution in [0.1, 0.15) is 5.56 Å². The Kier molecular flexibility index (Phi) is 7.75. The second kappa shape index (κ2) is 10.5. The minimum Gasteiger partial charge on any atom is -0.477 e. The van der Waals surface area contributed by atoms with Crippen molar-refractivity contribution in [2.24, 2.45) is 0 Å². The second-order valence-corrected chi connectivity index (χ2v) is 8.79. The standard InChI is InChI=1S/C21H26N4O6S/c1-24(2)9-8-22-21(30)31-11-14-12-32-19-16(18(27)25(19)17(14)20(28)29)23-15(26)10-13-6-4-3-5-7-13/h3-7,16,19H,8-12H2,1-2H3,(H,22,30)(H,23,26)(H,28,29)/t16?,19-/m0/s1. The van der Waals surface area contributed by atoms with Crippen LogP contribution in [0.4, 0.5) is 4.79 Å². The molecule has 0 aliphatic carbocycles. The fourth-order valence-electron chi connectivity index (χ4n) is 3.39. The summed E-state index contributed by atoms with van der Waals surface area (Å²) < 4.78 is 5.13. The van der Waals surface area contributed by atoms with Gasteiger partial charge in [-0.3, -0.25) is 14.5 Å². The maximum Gasteiger partial charge on any atom is 0.407 e. The van der Waals surface area contributed by atoms with Crippen LogP contribution in [0.15, 0.2) is 41.6 Å². The zero-order valence-electron chi connectivity index (χ0n) is 17.9. The van der Waals surface area contributed by atoms with Gasteiger partial charge >= 0.3 is 12.1 Å². The molecule has 1 aromatic carbocycles. The van der Waals surface area contributed by atoms with Crippen molar-refractivity contribution in [3.05, 3.63) is 47.2 Å². The molecule has 0 spiro atoms. The van der Waals surface area contributed by atoms with E-state index in [9.17, 15) is 24.3 Å². The minimum atomic E-state index is -1.27. The third-order valence-electron chi connectivity index (χ3n) is 4.98. The van der Waals surface area contributed by atoms with Gasteiger partial charge in [0.05, 0.1) is 6.42 Å². The highest BCUT2D eigenvalue weighted by molar-refractivity contribution is 8.00. The van der Waals surface area contributed by atoms with Crippen LogP contribution in [0.5, 0.6) is 0 Å². The van der Waals surface area contributed by atoms with Crippen LogP contribution in [0.2, 0.25) is 0 Å². The number of thioether (sulfide) groups is 1. The molecule has 1 fully saturated rings. The Labute approximate surface area is 190 Å². The van der Waals surface area contributed by atoms with E-state index in [1.54, 1.807) is 0 Å². The van der Waals surface area contributed by atoms with Gasteiger partial charge in [-0.15, -0.1) is 11.8 Å². The number of likely N-dealkylation sites (N-methyl/N-ethyl adjacent to an activating group) is 1. The van der Waals surface area contributed by atoms with E-state index in [1.807, 2.05) is 49.3 Å². The summed E-state index contributed by atoms with van der Waals surface area (Å²) >= 11 is 1.33. The summed E-state index contributed by atoms with van der Waals surface area (Å²) in [5.41, 5.74) is 0.969. The number of alkyl carbamates (subject to hydrolysis) is 1. The van der Waals surface area contributed by atoms with Crippen molar-refractivity contribution in [2.45, 2.75) is 17.8 Å². The molecule has 3 amide bonds. The van der Waals surface area contributed by atoms with Gasteiger partial charge in [0.2, 0.25) is 5.91 Å². The molecular weight excluding hydrogens is 436 g/mol. The van der Waals surface area contributed by atoms with Crippen LogP contribution < -0.4 is 10.6 Å². The van der Waals surface area contributed by atoms with Crippen molar-refractivity contribution in [2.75, 3.05) is 39.5 Å². The van der Waals surface area contributed by atoms with E-state index >= 15 is 0 Å². The molecular formula is C21H26N4O6S. The van der Waals surface area contributed by atoms with Crippen LogP contribution in [-0.2, 0) is 25.5 Å². The van der Waals surface area contributed by atoms with E-state index in [2.05, 4.69) is 10.6 Å². The van der Waals surface area contributed by atoms with Crippen molar-refractivity contribution in [1.29, 1.82) is 0 Å². The lowest BCUT2D eigenvalue weighted by molar-refractivity contribution is -0.150. The van der Waals surface area contributed by atoms with Gasteiger partial charge in [-0.2, -0.15) is 0 Å². The van der Waals surface area contributed by atoms with Crippen molar-refractivity contribution < 1.29 is 29.0 Å². The van der Waals surface area contributed by atoms with Gasteiger partial charge in [-0.25, -0.2) is 9.59 Å². The van der Waals surface area contributed by atoms with Crippen LogP contribution in [0.3, 0.4) is 0 Å². The first-order chi connectivity index (χ1) is 15.3. The summed E-state index contributed by atoms with van der Waals surface area (Å²) in [5.74, 6) is -1.80. The number of carboxylic acids is 1. The lowest BCUT2D eigenvalue weighted by atomic mass is 10.0. The molecule has 11 heteroatoms. The number of aliphatic carboxylic acids is 1. The number of hydrogen-bond donors (Lipinski definition) is 3. The maximum atomic E-state index is 12.7. The number of carbonyl (C=O) groups excluding carboxylic acids is 3. The van der Waals surface area contributed by atoms with Gasteiger partial charge in [0.1, 0.15) is 23.7 Å². The van der Waals surface area contributed by atoms with Crippen molar-refractivity contribution >= 4 is 35.6 Å². The smallest absolute Gasteiger partial charge is 0.407 e. The first-order valence-electron chi connectivity index (χ1n) is 10.1. The Morgan fingerprint density at radius 3 is 2.62 bits per heavy atom. The molecule has 32 heavy (non-hydrogen) atoms. The van der Waals surface area contributed by atoms with Gasteiger partial charge in [-0.1, -0.05) is 30.3 Å². The van der Waals surface area contributed by atoms with E-state index in [-0.39, 0.29) is 30.4 Å². The highest BCUT2D eigenvalue weighted by Gasteiger charge is 2.54. The first kappa shape index (κ1) is 23.6. The second-order valence-electron chi connectivity index (χ2n) is 7.68. The molecule has 0 saturated carbocycles. The third-order valence-corrected chi connectivity index (χ3v) is 6.32. The molecule has 0 radical (unpaired) electrons. The molecule has 10 nitrogen and oxygen atoms in total. The van der Waals surface area contributed by atoms with E-state index in [1.165, 1.54) is 11.8 Å². The number of ether oxygens (including phenoxy) is 1. The lowest BCUT2D eigenvalue weighted by Crippen LogP contribution is -2.70. The molecule has 2 aliphatic rings. The number of nitrogens with one attached hydrogen (secondary N) is 2. The molecule has 2 heterocycles. The molecule has 1 saturated heterocycles. The highest BCUT2D eigenvalue weighted by Crippen LogP contribution is 2.40. The van der Waals surface area contributed by atoms with Crippen LogP contribution in [0.25, 0.3) is 0 Å². The van der Waals surface area contributed by atoms with Crippen molar-refractivity contribution in [3.8, 4) is 0 Å². The summed E-state index contributed by atoms with van der Waals surface area (Å²) in [5, 5.41) is 14.4. The third kappa shape index (κ3) is 5.60. The zero-order chi connectivity index (χ0) is 23.3. The molecule has 1 unspecified atom stereocenters. The number of hydrogen-bond acceptors (Lipinski definition) is 7. The molecule has 2 aliphatic heterocycles. The van der Waals surface area contributed by atoms with Gasteiger partial charge in [0.25, 0.3) is 5.91 Å². The number of carboxylic acid groups (broad SMARTS) is 1. The van der Waals surface area contributed by atoms with E-state index in [0.717, 1.165) is 10.5 Å². The summed E-state index contributed by atoms with van der Waals surface area (Å²) in [4.78, 5) is 51.7. The average molecular weight is 463 g/mol. The minimum absolute atomic E-state index is 0.131. The number of benzene rings is 1. The Hall–Kier alpha value is -3.05. The molecule has 0 bridgehead atoms. The molecule has 1 aromatic rings. The van der Waals surface area contributed by atoms with E-state index < -0.39 is 29.4 Å². The summed E-state index contributed by atoms with van der Waals surface area (Å²) in [7, 11) is 3.74. The normalized spacial score (nSPS) is 19.8.